The number of carbonyl (C=O) groups excluding carboxylic acids is 1. The zero-order valence-corrected chi connectivity index (χ0v) is 13.5. The van der Waals surface area contributed by atoms with E-state index in [0.29, 0.717) is 19.4 Å². The third-order valence-electron chi connectivity index (χ3n) is 4.98. The topological polar surface area (TPSA) is 73.4 Å². The molecule has 0 radical (unpaired) electrons. The molecule has 3 rings (SSSR count). The molecule has 23 heavy (non-hydrogen) atoms. The number of aryl methyl sites for hydroxylation is 1. The summed E-state index contributed by atoms with van der Waals surface area (Å²) in [7, 11) is 0. The number of likely N-dealkylation sites (tertiary alicyclic amines) is 1. The molecule has 2 aromatic rings. The SMILES string of the molecule is Cc1[nH]c2ccccc2c1CC(=O)N1CCC[C@@H](C(=O)O)[C@H]1C. The highest BCUT2D eigenvalue weighted by atomic mass is 16.4. The molecule has 2 heterocycles. The second-order valence-corrected chi connectivity index (χ2v) is 6.37. The summed E-state index contributed by atoms with van der Waals surface area (Å²) in [5.41, 5.74) is 3.04. The molecule has 1 aliphatic heterocycles. The van der Waals surface area contributed by atoms with E-state index in [1.807, 2.05) is 38.1 Å². The standard InChI is InChI=1S/C18H22N2O3/c1-11-15(14-6-3-4-8-16(14)19-11)10-17(21)20-9-5-7-13(12(20)2)18(22)23/h3-4,6,8,12-13,19H,5,7,9-10H2,1-2H3,(H,22,23)/t12-,13-/m1/s1. The number of fused-ring (bicyclic) bond motifs is 1. The molecule has 0 saturated carbocycles. The minimum absolute atomic E-state index is 0.0105. The van der Waals surface area contributed by atoms with E-state index >= 15 is 0 Å². The Bertz CT molecular complexity index is 750. The quantitative estimate of drug-likeness (QED) is 0.915. The van der Waals surface area contributed by atoms with Gasteiger partial charge in [-0.25, -0.2) is 0 Å². The van der Waals surface area contributed by atoms with Gasteiger partial charge in [0.15, 0.2) is 0 Å². The van der Waals surface area contributed by atoms with Crippen LogP contribution in [0.25, 0.3) is 10.9 Å². The molecule has 5 nitrogen and oxygen atoms in total. The van der Waals surface area contributed by atoms with Crippen molar-refractivity contribution < 1.29 is 14.7 Å². The fourth-order valence-electron chi connectivity index (χ4n) is 3.64. The molecule has 5 heteroatoms. The lowest BCUT2D eigenvalue weighted by Gasteiger charge is -2.37. The molecule has 1 fully saturated rings. The largest absolute Gasteiger partial charge is 0.481 e. The van der Waals surface area contributed by atoms with Crippen LogP contribution in [0, 0.1) is 12.8 Å². The summed E-state index contributed by atoms with van der Waals surface area (Å²) < 4.78 is 0. The fraction of sp³-hybridized carbons (Fsp3) is 0.444. The summed E-state index contributed by atoms with van der Waals surface area (Å²) in [4.78, 5) is 29.1. The van der Waals surface area contributed by atoms with Gasteiger partial charge >= 0.3 is 5.97 Å². The summed E-state index contributed by atoms with van der Waals surface area (Å²) in [5.74, 6) is -1.26. The monoisotopic (exact) mass is 314 g/mol. The number of piperidine rings is 1. The highest BCUT2D eigenvalue weighted by Crippen LogP contribution is 2.27. The predicted molar refractivity (Wildman–Crippen MR) is 88.3 cm³/mol. The van der Waals surface area contributed by atoms with Gasteiger partial charge in [-0.15, -0.1) is 0 Å². The van der Waals surface area contributed by atoms with Crippen LogP contribution in [0.3, 0.4) is 0 Å². The lowest BCUT2D eigenvalue weighted by molar-refractivity contribution is -0.148. The molecular weight excluding hydrogens is 292 g/mol. The number of amides is 1. The van der Waals surface area contributed by atoms with Crippen LogP contribution < -0.4 is 0 Å². The Labute approximate surface area is 135 Å². The maximum atomic E-state index is 12.8. The number of aromatic amines is 1. The number of para-hydroxylation sites is 1. The number of hydrogen-bond donors (Lipinski definition) is 2. The zero-order chi connectivity index (χ0) is 16.6. The Kier molecular flexibility index (Phi) is 4.11. The Morgan fingerprint density at radius 1 is 1.35 bits per heavy atom. The predicted octanol–water partition coefficient (Wildman–Crippen LogP) is 2.73. The van der Waals surface area contributed by atoms with Crippen molar-refractivity contribution in [1.82, 2.24) is 9.88 Å². The first-order valence-corrected chi connectivity index (χ1v) is 8.07. The Balaban J connectivity index is 1.83. The number of aliphatic carboxylic acids is 1. The molecule has 0 bridgehead atoms. The number of carbonyl (C=O) groups is 2. The van der Waals surface area contributed by atoms with Crippen LogP contribution in [0.2, 0.25) is 0 Å². The van der Waals surface area contributed by atoms with E-state index in [2.05, 4.69) is 4.98 Å². The number of nitrogens with zero attached hydrogens (tertiary/aromatic N) is 1. The minimum Gasteiger partial charge on any atom is -0.481 e. The molecule has 122 valence electrons. The molecule has 1 amide bonds. The lowest BCUT2D eigenvalue weighted by atomic mass is 9.90. The van der Waals surface area contributed by atoms with Gasteiger partial charge in [-0.3, -0.25) is 9.59 Å². The molecule has 1 aromatic heterocycles. The van der Waals surface area contributed by atoms with Crippen molar-refractivity contribution in [2.45, 2.75) is 39.2 Å². The fourth-order valence-corrected chi connectivity index (χ4v) is 3.64. The van der Waals surface area contributed by atoms with Crippen molar-refractivity contribution in [3.05, 3.63) is 35.5 Å². The molecule has 2 atom stereocenters. The highest BCUT2D eigenvalue weighted by Gasteiger charge is 2.35. The van der Waals surface area contributed by atoms with Crippen LogP contribution in [0.5, 0.6) is 0 Å². The van der Waals surface area contributed by atoms with Gasteiger partial charge in [-0.1, -0.05) is 18.2 Å². The van der Waals surface area contributed by atoms with Crippen molar-refractivity contribution >= 4 is 22.8 Å². The van der Waals surface area contributed by atoms with Gasteiger partial charge in [0.1, 0.15) is 0 Å². The van der Waals surface area contributed by atoms with E-state index in [9.17, 15) is 14.7 Å². The summed E-state index contributed by atoms with van der Waals surface area (Å²) in [6.07, 6.45) is 1.71. The second kappa shape index (κ2) is 6.07. The number of nitrogens with one attached hydrogen (secondary N) is 1. The van der Waals surface area contributed by atoms with Gasteiger partial charge in [-0.05, 0) is 38.3 Å². The van der Waals surface area contributed by atoms with E-state index in [4.69, 9.17) is 0 Å². The van der Waals surface area contributed by atoms with Crippen molar-refractivity contribution in [2.75, 3.05) is 6.54 Å². The first-order valence-electron chi connectivity index (χ1n) is 8.07. The molecule has 0 aliphatic carbocycles. The number of aromatic nitrogens is 1. The average Bonchev–Trinajstić information content (AvgIpc) is 2.83. The molecule has 0 unspecified atom stereocenters. The Morgan fingerprint density at radius 3 is 2.83 bits per heavy atom. The van der Waals surface area contributed by atoms with E-state index in [1.165, 1.54) is 0 Å². The van der Waals surface area contributed by atoms with Crippen LogP contribution in [-0.4, -0.2) is 39.5 Å². The Morgan fingerprint density at radius 2 is 2.09 bits per heavy atom. The molecule has 0 spiro atoms. The van der Waals surface area contributed by atoms with Crippen LogP contribution in [0.15, 0.2) is 24.3 Å². The Hall–Kier alpha value is -2.30. The summed E-state index contributed by atoms with van der Waals surface area (Å²) in [6.45, 7) is 4.46. The number of carboxylic acids is 1. The van der Waals surface area contributed by atoms with Gasteiger partial charge in [0.25, 0.3) is 0 Å². The number of rotatable bonds is 3. The van der Waals surface area contributed by atoms with Gasteiger partial charge in [0.2, 0.25) is 5.91 Å². The molecule has 2 N–H and O–H groups in total. The van der Waals surface area contributed by atoms with E-state index in [-0.39, 0.29) is 11.9 Å². The lowest BCUT2D eigenvalue weighted by Crippen LogP contribution is -2.49. The third kappa shape index (κ3) is 2.83. The number of benzene rings is 1. The summed E-state index contributed by atoms with van der Waals surface area (Å²) in [5, 5.41) is 10.4. The van der Waals surface area contributed by atoms with Crippen molar-refractivity contribution in [3.8, 4) is 0 Å². The first kappa shape index (κ1) is 15.6. The number of carboxylic acid groups (broad SMARTS) is 1. The normalized spacial score (nSPS) is 21.6. The first-order chi connectivity index (χ1) is 11.0. The van der Waals surface area contributed by atoms with Gasteiger partial charge in [0.05, 0.1) is 12.3 Å². The highest BCUT2D eigenvalue weighted by molar-refractivity contribution is 5.90. The zero-order valence-electron chi connectivity index (χ0n) is 13.5. The summed E-state index contributed by atoms with van der Waals surface area (Å²) in [6, 6.07) is 7.70. The van der Waals surface area contributed by atoms with Crippen molar-refractivity contribution in [3.63, 3.8) is 0 Å². The molecule has 1 saturated heterocycles. The van der Waals surface area contributed by atoms with Crippen LogP contribution in [-0.2, 0) is 16.0 Å². The second-order valence-electron chi connectivity index (χ2n) is 6.37. The molecular formula is C18H22N2O3. The van der Waals surface area contributed by atoms with E-state index in [1.54, 1.807) is 4.90 Å². The molecule has 1 aliphatic rings. The molecule has 1 aromatic carbocycles. The maximum Gasteiger partial charge on any atom is 0.308 e. The maximum absolute atomic E-state index is 12.8. The number of hydrogen-bond acceptors (Lipinski definition) is 2. The van der Waals surface area contributed by atoms with Crippen molar-refractivity contribution in [2.24, 2.45) is 5.92 Å². The minimum atomic E-state index is -0.807. The van der Waals surface area contributed by atoms with E-state index < -0.39 is 11.9 Å². The van der Waals surface area contributed by atoms with Gasteiger partial charge in [0, 0.05) is 29.2 Å². The van der Waals surface area contributed by atoms with Crippen LogP contribution in [0.4, 0.5) is 0 Å². The average molecular weight is 314 g/mol. The third-order valence-corrected chi connectivity index (χ3v) is 4.98. The smallest absolute Gasteiger partial charge is 0.308 e. The van der Waals surface area contributed by atoms with Crippen LogP contribution in [0.1, 0.15) is 31.0 Å². The number of H-pyrrole nitrogens is 1. The van der Waals surface area contributed by atoms with Crippen molar-refractivity contribution in [1.29, 1.82) is 0 Å². The van der Waals surface area contributed by atoms with Gasteiger partial charge in [-0.2, -0.15) is 0 Å². The van der Waals surface area contributed by atoms with Gasteiger partial charge < -0.3 is 15.0 Å². The van der Waals surface area contributed by atoms with E-state index in [0.717, 1.165) is 28.6 Å². The summed E-state index contributed by atoms with van der Waals surface area (Å²) >= 11 is 0. The van der Waals surface area contributed by atoms with Crippen LogP contribution >= 0.6 is 0 Å².